The summed E-state index contributed by atoms with van der Waals surface area (Å²) < 4.78 is 30.3. The van der Waals surface area contributed by atoms with Gasteiger partial charge in [-0.3, -0.25) is 4.57 Å². The highest BCUT2D eigenvalue weighted by molar-refractivity contribution is 7.53. The summed E-state index contributed by atoms with van der Waals surface area (Å²) in [4.78, 5) is 30.6. The molecule has 39 heavy (non-hydrogen) atoms. The number of ether oxygens (including phenoxy) is 1. The Kier molecular flexibility index (Phi) is 9.93. The number of benzene rings is 3. The number of esters is 1. The summed E-state index contributed by atoms with van der Waals surface area (Å²) >= 11 is 0. The van der Waals surface area contributed by atoms with Gasteiger partial charge in [0, 0.05) is 19.5 Å². The molecule has 8 nitrogen and oxygen atoms in total. The normalized spacial score (nSPS) is 14.9. The molecule has 1 aliphatic heterocycles. The molecule has 0 saturated carbocycles. The third-order valence-electron chi connectivity index (χ3n) is 6.47. The minimum absolute atomic E-state index is 0.109. The van der Waals surface area contributed by atoms with Gasteiger partial charge in [-0.15, -0.1) is 0 Å². The van der Waals surface area contributed by atoms with Gasteiger partial charge in [0.2, 0.25) is 0 Å². The quantitative estimate of drug-likeness (QED) is 0.215. The van der Waals surface area contributed by atoms with Crippen LogP contribution in [0.1, 0.15) is 36.1 Å². The highest BCUT2D eigenvalue weighted by Gasteiger charge is 2.40. The first-order valence-corrected chi connectivity index (χ1v) is 14.9. The summed E-state index contributed by atoms with van der Waals surface area (Å²) in [6, 6.07) is 25.3. The number of fused-ring (bicyclic) bond motifs is 1. The van der Waals surface area contributed by atoms with Crippen LogP contribution in [0.5, 0.6) is 0 Å². The van der Waals surface area contributed by atoms with Gasteiger partial charge in [-0.2, -0.15) is 0 Å². The summed E-state index contributed by atoms with van der Waals surface area (Å²) in [5, 5.41) is 0. The minimum Gasteiger partial charge on any atom is -0.459 e. The lowest BCUT2D eigenvalue weighted by molar-refractivity contribution is -0.151. The molecule has 0 aliphatic carbocycles. The van der Waals surface area contributed by atoms with E-state index >= 15 is 0 Å². The molecule has 3 aromatic carbocycles. The number of hydrogen-bond donors (Lipinski definition) is 0. The van der Waals surface area contributed by atoms with E-state index in [1.54, 1.807) is 13.8 Å². The molecule has 9 heteroatoms. The number of carbonyl (C=O) groups excluding carboxylic acids is 2. The van der Waals surface area contributed by atoms with Crippen LogP contribution in [0.3, 0.4) is 0 Å². The van der Waals surface area contributed by atoms with Crippen molar-refractivity contribution in [3.8, 4) is 0 Å². The van der Waals surface area contributed by atoms with Gasteiger partial charge in [-0.05, 0) is 36.1 Å². The van der Waals surface area contributed by atoms with Crippen molar-refractivity contribution >= 4 is 19.6 Å². The standard InChI is InChI=1S/C30H35N2O6P/c1-3-37-39(35,38-4-2)23-31(20-24-13-7-5-8-14-24)30(34)32-21-27-18-12-11-17-26(27)19-28(32)29(33)36-22-25-15-9-6-10-16-25/h5-18,28H,3-4,19-23H2,1-2H3/t28-/m1/s1. The van der Waals surface area contributed by atoms with Crippen LogP contribution in [-0.4, -0.2) is 47.3 Å². The van der Waals surface area contributed by atoms with E-state index in [0.717, 1.165) is 22.3 Å². The van der Waals surface area contributed by atoms with Crippen LogP contribution in [0.15, 0.2) is 84.9 Å². The Morgan fingerprint density at radius 1 is 0.846 bits per heavy atom. The van der Waals surface area contributed by atoms with E-state index in [1.807, 2.05) is 84.9 Å². The molecule has 0 aromatic heterocycles. The zero-order valence-electron chi connectivity index (χ0n) is 22.4. The van der Waals surface area contributed by atoms with Crippen molar-refractivity contribution in [2.24, 2.45) is 0 Å². The average molecular weight is 551 g/mol. The first-order chi connectivity index (χ1) is 18.9. The van der Waals surface area contributed by atoms with E-state index in [9.17, 15) is 14.2 Å². The fourth-order valence-corrected chi connectivity index (χ4v) is 6.31. The third-order valence-corrected chi connectivity index (χ3v) is 8.46. The van der Waals surface area contributed by atoms with Crippen LogP contribution >= 0.6 is 7.60 Å². The maximum absolute atomic E-state index is 14.2. The molecule has 0 N–H and O–H groups in total. The smallest absolute Gasteiger partial charge is 0.349 e. The molecule has 0 unspecified atom stereocenters. The number of amides is 2. The van der Waals surface area contributed by atoms with Crippen molar-refractivity contribution in [2.45, 2.75) is 46.0 Å². The molecule has 3 aromatic rings. The SMILES string of the molecule is CCOP(=O)(CN(Cc1ccccc1)C(=O)N1Cc2ccccc2C[C@@H]1C(=O)OCc1ccccc1)OCC. The average Bonchev–Trinajstić information content (AvgIpc) is 2.96. The second-order valence-corrected chi connectivity index (χ2v) is 11.3. The zero-order chi connectivity index (χ0) is 27.7. The summed E-state index contributed by atoms with van der Waals surface area (Å²) in [5.41, 5.74) is 3.66. The Morgan fingerprint density at radius 3 is 2.03 bits per heavy atom. The summed E-state index contributed by atoms with van der Waals surface area (Å²) in [6.45, 7) is 4.32. The lowest BCUT2D eigenvalue weighted by Gasteiger charge is -2.39. The predicted molar refractivity (Wildman–Crippen MR) is 149 cm³/mol. The van der Waals surface area contributed by atoms with Gasteiger partial charge in [0.25, 0.3) is 0 Å². The highest BCUT2D eigenvalue weighted by atomic mass is 31.2. The van der Waals surface area contributed by atoms with E-state index in [1.165, 1.54) is 9.80 Å². The van der Waals surface area contributed by atoms with Crippen molar-refractivity contribution in [2.75, 3.05) is 19.5 Å². The number of nitrogens with zero attached hydrogens (tertiary/aromatic N) is 2. The zero-order valence-corrected chi connectivity index (χ0v) is 23.3. The molecule has 4 rings (SSSR count). The molecular weight excluding hydrogens is 515 g/mol. The highest BCUT2D eigenvalue weighted by Crippen LogP contribution is 2.49. The Balaban J connectivity index is 1.63. The van der Waals surface area contributed by atoms with Crippen molar-refractivity contribution in [3.05, 3.63) is 107 Å². The second-order valence-electron chi connectivity index (χ2n) is 9.26. The van der Waals surface area contributed by atoms with Gasteiger partial charge in [0.05, 0.1) is 13.2 Å². The van der Waals surface area contributed by atoms with E-state index in [0.29, 0.717) is 6.42 Å². The molecule has 1 aliphatic rings. The number of urea groups is 1. The molecule has 0 fully saturated rings. The molecule has 0 saturated heterocycles. The van der Waals surface area contributed by atoms with Gasteiger partial charge >= 0.3 is 19.6 Å². The molecule has 0 spiro atoms. The maximum Gasteiger partial charge on any atom is 0.349 e. The van der Waals surface area contributed by atoms with Crippen molar-refractivity contribution in [3.63, 3.8) is 0 Å². The van der Waals surface area contributed by atoms with E-state index < -0.39 is 25.6 Å². The van der Waals surface area contributed by atoms with Crippen LogP contribution in [0.4, 0.5) is 4.79 Å². The van der Waals surface area contributed by atoms with E-state index in [2.05, 4.69) is 0 Å². The van der Waals surface area contributed by atoms with Crippen LogP contribution < -0.4 is 0 Å². The fourth-order valence-electron chi connectivity index (χ4n) is 4.64. The molecule has 2 amide bonds. The monoisotopic (exact) mass is 550 g/mol. The predicted octanol–water partition coefficient (Wildman–Crippen LogP) is 6.00. The Hall–Kier alpha value is -3.45. The maximum atomic E-state index is 14.2. The second kappa shape index (κ2) is 13.6. The fraction of sp³-hybridized carbons (Fsp3) is 0.333. The minimum atomic E-state index is -3.62. The van der Waals surface area contributed by atoms with Crippen molar-refractivity contribution in [1.82, 2.24) is 9.80 Å². The molecule has 1 atom stereocenters. The topological polar surface area (TPSA) is 85.4 Å². The molecular formula is C30H35N2O6P. The third kappa shape index (κ3) is 7.57. The summed E-state index contributed by atoms with van der Waals surface area (Å²) in [7, 11) is -3.62. The van der Waals surface area contributed by atoms with Gasteiger partial charge in [0.1, 0.15) is 18.9 Å². The van der Waals surface area contributed by atoms with E-state index in [-0.39, 0.29) is 39.2 Å². The molecule has 1 heterocycles. The molecule has 0 bridgehead atoms. The Bertz CT molecular complexity index is 1280. The lowest BCUT2D eigenvalue weighted by atomic mass is 9.94. The Labute approximate surface area is 230 Å². The van der Waals surface area contributed by atoms with Crippen LogP contribution in [0.25, 0.3) is 0 Å². The van der Waals surface area contributed by atoms with Gasteiger partial charge < -0.3 is 23.6 Å². The number of carbonyl (C=O) groups is 2. The van der Waals surface area contributed by atoms with Gasteiger partial charge in [0.15, 0.2) is 0 Å². The van der Waals surface area contributed by atoms with Crippen molar-refractivity contribution < 1.29 is 27.9 Å². The van der Waals surface area contributed by atoms with Gasteiger partial charge in [-0.25, -0.2) is 9.59 Å². The van der Waals surface area contributed by atoms with E-state index in [4.69, 9.17) is 13.8 Å². The van der Waals surface area contributed by atoms with Crippen LogP contribution in [0.2, 0.25) is 0 Å². The molecule has 0 radical (unpaired) electrons. The number of rotatable bonds is 11. The summed E-state index contributed by atoms with van der Waals surface area (Å²) in [5.74, 6) is -0.487. The Morgan fingerprint density at radius 2 is 1.41 bits per heavy atom. The van der Waals surface area contributed by atoms with Crippen molar-refractivity contribution in [1.29, 1.82) is 0 Å². The van der Waals surface area contributed by atoms with Crippen LogP contribution in [0, 0.1) is 0 Å². The lowest BCUT2D eigenvalue weighted by Crippen LogP contribution is -2.53. The number of hydrogen-bond acceptors (Lipinski definition) is 6. The summed E-state index contributed by atoms with van der Waals surface area (Å²) in [6.07, 6.45) is 0.0790. The van der Waals surface area contributed by atoms with Crippen LogP contribution in [-0.2, 0) is 49.3 Å². The largest absolute Gasteiger partial charge is 0.459 e. The first kappa shape index (κ1) is 28.6. The molecule has 206 valence electrons. The first-order valence-electron chi connectivity index (χ1n) is 13.2. The van der Waals surface area contributed by atoms with Gasteiger partial charge in [-0.1, -0.05) is 84.9 Å².